The van der Waals surface area contributed by atoms with Gasteiger partial charge in [0.15, 0.2) is 5.82 Å². The standard InChI is InChI=1S/C13H24N4O2/c1-9(2)13-15-12(16-19-13)8-17-5-4-11(18-3)6-10(17)7-14/h9-11H,4-8,14H2,1-3H3. The van der Waals surface area contributed by atoms with E-state index in [1.54, 1.807) is 7.11 Å². The van der Waals surface area contributed by atoms with Crippen molar-refractivity contribution in [2.45, 2.75) is 51.3 Å². The van der Waals surface area contributed by atoms with Gasteiger partial charge in [-0.3, -0.25) is 4.90 Å². The second-order valence-corrected chi connectivity index (χ2v) is 5.45. The van der Waals surface area contributed by atoms with Crippen LogP contribution in [-0.2, 0) is 11.3 Å². The molecule has 0 bridgehead atoms. The molecule has 6 heteroatoms. The first-order valence-corrected chi connectivity index (χ1v) is 6.93. The molecule has 2 heterocycles. The molecule has 19 heavy (non-hydrogen) atoms. The van der Waals surface area contributed by atoms with Gasteiger partial charge >= 0.3 is 0 Å². The Kier molecular flexibility index (Phi) is 4.90. The summed E-state index contributed by atoms with van der Waals surface area (Å²) in [7, 11) is 1.77. The lowest BCUT2D eigenvalue weighted by atomic mass is 9.99. The molecule has 1 aromatic rings. The Morgan fingerprint density at radius 2 is 2.32 bits per heavy atom. The Hall–Kier alpha value is -0.980. The number of nitrogens with zero attached hydrogens (tertiary/aromatic N) is 3. The van der Waals surface area contributed by atoms with Crippen molar-refractivity contribution in [3.8, 4) is 0 Å². The van der Waals surface area contributed by atoms with Crippen molar-refractivity contribution in [3.05, 3.63) is 11.7 Å². The molecule has 0 amide bonds. The van der Waals surface area contributed by atoms with Crippen LogP contribution in [0.15, 0.2) is 4.52 Å². The van der Waals surface area contributed by atoms with Gasteiger partial charge in [0.2, 0.25) is 5.89 Å². The molecular formula is C13H24N4O2. The Labute approximate surface area is 114 Å². The molecule has 1 fully saturated rings. The Balaban J connectivity index is 1.97. The molecule has 1 aliphatic rings. The summed E-state index contributed by atoms with van der Waals surface area (Å²) >= 11 is 0. The molecule has 2 rings (SSSR count). The van der Waals surface area contributed by atoms with Gasteiger partial charge in [-0.2, -0.15) is 4.98 Å². The van der Waals surface area contributed by atoms with Crippen molar-refractivity contribution in [2.75, 3.05) is 20.2 Å². The average Bonchev–Trinajstić information content (AvgIpc) is 2.88. The Morgan fingerprint density at radius 3 is 2.89 bits per heavy atom. The van der Waals surface area contributed by atoms with Gasteiger partial charge in [0, 0.05) is 32.2 Å². The minimum absolute atomic E-state index is 0.269. The van der Waals surface area contributed by atoms with E-state index in [2.05, 4.69) is 15.0 Å². The zero-order valence-corrected chi connectivity index (χ0v) is 12.0. The molecule has 0 radical (unpaired) electrons. The molecule has 1 aromatic heterocycles. The molecule has 2 N–H and O–H groups in total. The van der Waals surface area contributed by atoms with Crippen molar-refractivity contribution < 1.29 is 9.26 Å². The Bertz CT molecular complexity index is 394. The summed E-state index contributed by atoms with van der Waals surface area (Å²) in [4.78, 5) is 6.74. The van der Waals surface area contributed by atoms with E-state index in [9.17, 15) is 0 Å². The minimum Gasteiger partial charge on any atom is -0.381 e. The fourth-order valence-corrected chi connectivity index (χ4v) is 2.48. The largest absolute Gasteiger partial charge is 0.381 e. The fourth-order valence-electron chi connectivity index (χ4n) is 2.48. The van der Waals surface area contributed by atoms with Gasteiger partial charge in [-0.1, -0.05) is 19.0 Å². The van der Waals surface area contributed by atoms with Gasteiger partial charge in [-0.05, 0) is 12.8 Å². The van der Waals surface area contributed by atoms with Crippen LogP contribution in [0.2, 0.25) is 0 Å². The van der Waals surface area contributed by atoms with E-state index in [1.165, 1.54) is 0 Å². The number of likely N-dealkylation sites (tertiary alicyclic amines) is 1. The van der Waals surface area contributed by atoms with Gasteiger partial charge in [0.05, 0.1) is 12.6 Å². The summed E-state index contributed by atoms with van der Waals surface area (Å²) in [5.41, 5.74) is 5.86. The molecule has 0 aromatic carbocycles. The molecule has 2 atom stereocenters. The van der Waals surface area contributed by atoms with Crippen LogP contribution in [0.3, 0.4) is 0 Å². The van der Waals surface area contributed by atoms with Crippen LogP contribution < -0.4 is 5.73 Å². The van der Waals surface area contributed by atoms with E-state index < -0.39 is 0 Å². The normalized spacial score (nSPS) is 25.1. The number of hydrogen-bond acceptors (Lipinski definition) is 6. The summed E-state index contributed by atoms with van der Waals surface area (Å²) in [5, 5.41) is 4.04. The highest BCUT2D eigenvalue weighted by Gasteiger charge is 2.28. The maximum Gasteiger partial charge on any atom is 0.229 e. The summed E-state index contributed by atoms with van der Waals surface area (Å²) in [6.45, 7) is 6.39. The molecule has 0 spiro atoms. The molecule has 6 nitrogen and oxygen atoms in total. The van der Waals surface area contributed by atoms with Crippen LogP contribution in [0.5, 0.6) is 0 Å². The topological polar surface area (TPSA) is 77.4 Å². The first kappa shape index (κ1) is 14.4. The maximum absolute atomic E-state index is 5.86. The second-order valence-electron chi connectivity index (χ2n) is 5.45. The van der Waals surface area contributed by atoms with Crippen molar-refractivity contribution in [1.29, 1.82) is 0 Å². The van der Waals surface area contributed by atoms with Crippen LogP contribution in [-0.4, -0.2) is 47.4 Å². The average molecular weight is 268 g/mol. The van der Waals surface area contributed by atoms with Gasteiger partial charge < -0.3 is 15.0 Å². The Morgan fingerprint density at radius 1 is 1.53 bits per heavy atom. The third kappa shape index (κ3) is 3.52. The zero-order chi connectivity index (χ0) is 13.8. The number of rotatable bonds is 5. The zero-order valence-electron chi connectivity index (χ0n) is 12.0. The fraction of sp³-hybridized carbons (Fsp3) is 0.846. The molecule has 108 valence electrons. The molecule has 1 aliphatic heterocycles. The number of aromatic nitrogens is 2. The van der Waals surface area contributed by atoms with Crippen LogP contribution in [0, 0.1) is 0 Å². The van der Waals surface area contributed by atoms with E-state index >= 15 is 0 Å². The van der Waals surface area contributed by atoms with Crippen LogP contribution >= 0.6 is 0 Å². The maximum atomic E-state index is 5.86. The van der Waals surface area contributed by atoms with Crippen molar-refractivity contribution >= 4 is 0 Å². The highest BCUT2D eigenvalue weighted by molar-refractivity contribution is 4.93. The van der Waals surface area contributed by atoms with Gasteiger partial charge in [0.1, 0.15) is 0 Å². The molecule has 1 saturated heterocycles. The first-order valence-electron chi connectivity index (χ1n) is 6.93. The molecule has 2 unspecified atom stereocenters. The number of piperidine rings is 1. The van der Waals surface area contributed by atoms with Crippen molar-refractivity contribution in [2.24, 2.45) is 5.73 Å². The van der Waals surface area contributed by atoms with E-state index in [1.807, 2.05) is 13.8 Å². The van der Waals surface area contributed by atoms with E-state index in [0.29, 0.717) is 31.1 Å². The van der Waals surface area contributed by atoms with Crippen LogP contribution in [0.1, 0.15) is 44.3 Å². The summed E-state index contributed by atoms with van der Waals surface area (Å²) in [5.74, 6) is 1.72. The van der Waals surface area contributed by atoms with Crippen LogP contribution in [0.25, 0.3) is 0 Å². The van der Waals surface area contributed by atoms with E-state index in [-0.39, 0.29) is 5.92 Å². The van der Waals surface area contributed by atoms with Gasteiger partial charge in [-0.25, -0.2) is 0 Å². The van der Waals surface area contributed by atoms with E-state index in [0.717, 1.165) is 25.2 Å². The van der Waals surface area contributed by atoms with Crippen molar-refractivity contribution in [3.63, 3.8) is 0 Å². The third-order valence-electron chi connectivity index (χ3n) is 3.72. The summed E-state index contributed by atoms with van der Waals surface area (Å²) in [6.07, 6.45) is 2.32. The number of hydrogen-bond donors (Lipinski definition) is 1. The number of methoxy groups -OCH3 is 1. The van der Waals surface area contributed by atoms with Gasteiger partial charge in [0.25, 0.3) is 0 Å². The monoisotopic (exact) mass is 268 g/mol. The SMILES string of the molecule is COC1CCN(Cc2noc(C(C)C)n2)C(CN)C1. The lowest BCUT2D eigenvalue weighted by Crippen LogP contribution is -2.48. The minimum atomic E-state index is 0.269. The lowest BCUT2D eigenvalue weighted by molar-refractivity contribution is 0.00910. The number of nitrogens with two attached hydrogens (primary N) is 1. The predicted molar refractivity (Wildman–Crippen MR) is 71.7 cm³/mol. The molecular weight excluding hydrogens is 244 g/mol. The van der Waals surface area contributed by atoms with Crippen LogP contribution in [0.4, 0.5) is 0 Å². The predicted octanol–water partition coefficient (Wildman–Crippen LogP) is 1.13. The quantitative estimate of drug-likeness (QED) is 0.862. The highest BCUT2D eigenvalue weighted by Crippen LogP contribution is 2.21. The van der Waals surface area contributed by atoms with E-state index in [4.69, 9.17) is 15.0 Å². The third-order valence-corrected chi connectivity index (χ3v) is 3.72. The summed E-state index contributed by atoms with van der Waals surface area (Å²) < 4.78 is 10.7. The first-order chi connectivity index (χ1) is 9.13. The highest BCUT2D eigenvalue weighted by atomic mass is 16.5. The lowest BCUT2D eigenvalue weighted by Gasteiger charge is -2.37. The second kappa shape index (κ2) is 6.45. The van der Waals surface area contributed by atoms with Crippen molar-refractivity contribution in [1.82, 2.24) is 15.0 Å². The summed E-state index contributed by atoms with van der Waals surface area (Å²) in [6, 6.07) is 0.333. The molecule has 0 aliphatic carbocycles. The molecule has 0 saturated carbocycles. The van der Waals surface area contributed by atoms with Gasteiger partial charge in [-0.15, -0.1) is 0 Å². The smallest absolute Gasteiger partial charge is 0.229 e. The number of ether oxygens (including phenoxy) is 1.